The van der Waals surface area contributed by atoms with Gasteiger partial charge in [-0.3, -0.25) is 4.90 Å². The first-order valence-corrected chi connectivity index (χ1v) is 8.38. The van der Waals surface area contributed by atoms with E-state index in [0.717, 1.165) is 47.7 Å². The third kappa shape index (κ3) is 3.18. The van der Waals surface area contributed by atoms with Crippen LogP contribution in [0.3, 0.4) is 0 Å². The number of hydrogen-bond donors (Lipinski definition) is 2. The molecule has 3 nitrogen and oxygen atoms in total. The normalized spacial score (nSPS) is 21.9. The number of hydrogen-bond acceptors (Lipinski definition) is 3. The first kappa shape index (κ1) is 14.4. The lowest BCUT2D eigenvalue weighted by molar-refractivity contribution is 0.158. The molecule has 4 heteroatoms. The minimum atomic E-state index is 0.362. The molecule has 2 aliphatic rings. The molecule has 20 heavy (non-hydrogen) atoms. The van der Waals surface area contributed by atoms with E-state index in [9.17, 15) is 5.11 Å². The Labute approximate surface area is 129 Å². The van der Waals surface area contributed by atoms with Crippen molar-refractivity contribution in [2.24, 2.45) is 5.92 Å². The summed E-state index contributed by atoms with van der Waals surface area (Å²) in [5, 5.41) is 13.9. The zero-order chi connectivity index (χ0) is 14.1. The highest BCUT2D eigenvalue weighted by molar-refractivity contribution is 9.10. The van der Waals surface area contributed by atoms with Gasteiger partial charge in [0.1, 0.15) is 5.75 Å². The van der Waals surface area contributed by atoms with Gasteiger partial charge in [0.05, 0.1) is 0 Å². The average Bonchev–Trinajstić information content (AvgIpc) is 3.25. The number of phenolic OH excluding ortho intramolecular Hbond substituents is 1. The topological polar surface area (TPSA) is 35.5 Å². The summed E-state index contributed by atoms with van der Waals surface area (Å²) in [4.78, 5) is 2.54. The van der Waals surface area contributed by atoms with E-state index >= 15 is 0 Å². The minimum Gasteiger partial charge on any atom is -0.507 e. The molecule has 0 amide bonds. The van der Waals surface area contributed by atoms with Crippen molar-refractivity contribution < 1.29 is 5.11 Å². The third-order valence-corrected chi connectivity index (χ3v) is 4.96. The van der Waals surface area contributed by atoms with Crippen LogP contribution in [0.4, 0.5) is 0 Å². The average molecular weight is 339 g/mol. The maximum Gasteiger partial charge on any atom is 0.123 e. The second-order valence-corrected chi connectivity index (χ2v) is 7.06. The standard InChI is InChI=1S/C16H23BrN2O/c1-11-8-13(17)10-14(16(11)20)15(9-12-2-3-12)19-6-4-18-5-7-19/h8,10,12,15,18,20H,2-7,9H2,1H3/t15-/m1/s1. The molecular weight excluding hydrogens is 316 g/mol. The van der Waals surface area contributed by atoms with Crippen molar-refractivity contribution in [3.05, 3.63) is 27.7 Å². The van der Waals surface area contributed by atoms with Crippen molar-refractivity contribution in [3.63, 3.8) is 0 Å². The van der Waals surface area contributed by atoms with Crippen LogP contribution in [0.1, 0.15) is 36.4 Å². The molecule has 0 radical (unpaired) electrons. The summed E-state index contributed by atoms with van der Waals surface area (Å²) < 4.78 is 1.07. The summed E-state index contributed by atoms with van der Waals surface area (Å²) >= 11 is 3.58. The van der Waals surface area contributed by atoms with Crippen molar-refractivity contribution in [1.82, 2.24) is 10.2 Å². The zero-order valence-corrected chi connectivity index (χ0v) is 13.6. The number of piperazine rings is 1. The van der Waals surface area contributed by atoms with Gasteiger partial charge in [0, 0.05) is 42.3 Å². The number of nitrogens with zero attached hydrogens (tertiary/aromatic N) is 1. The molecule has 0 bridgehead atoms. The molecule has 2 fully saturated rings. The van der Waals surface area contributed by atoms with Gasteiger partial charge in [-0.05, 0) is 37.0 Å². The predicted octanol–water partition coefficient (Wildman–Crippen LogP) is 3.21. The number of nitrogens with one attached hydrogen (secondary N) is 1. The van der Waals surface area contributed by atoms with Crippen LogP contribution in [0, 0.1) is 12.8 Å². The van der Waals surface area contributed by atoms with Gasteiger partial charge in [0.25, 0.3) is 0 Å². The largest absolute Gasteiger partial charge is 0.507 e. The summed E-state index contributed by atoms with van der Waals surface area (Å²) in [6.07, 6.45) is 3.90. The van der Waals surface area contributed by atoms with Gasteiger partial charge in [-0.2, -0.15) is 0 Å². The van der Waals surface area contributed by atoms with E-state index in [1.807, 2.05) is 13.0 Å². The fourth-order valence-corrected chi connectivity index (χ4v) is 3.74. The molecule has 0 spiro atoms. The molecule has 3 rings (SSSR count). The van der Waals surface area contributed by atoms with Crippen molar-refractivity contribution in [1.29, 1.82) is 0 Å². The molecule has 1 aliphatic carbocycles. The number of aryl methyl sites for hydroxylation is 1. The van der Waals surface area contributed by atoms with E-state index in [1.54, 1.807) is 0 Å². The van der Waals surface area contributed by atoms with Crippen LogP contribution in [0.25, 0.3) is 0 Å². The SMILES string of the molecule is Cc1cc(Br)cc([C@@H](CC2CC2)N2CCNCC2)c1O. The summed E-state index contributed by atoms with van der Waals surface area (Å²) in [7, 11) is 0. The second-order valence-electron chi connectivity index (χ2n) is 6.14. The maximum atomic E-state index is 10.5. The van der Waals surface area contributed by atoms with Crippen molar-refractivity contribution in [3.8, 4) is 5.75 Å². The van der Waals surface area contributed by atoms with Gasteiger partial charge < -0.3 is 10.4 Å². The van der Waals surface area contributed by atoms with Gasteiger partial charge in [-0.15, -0.1) is 0 Å². The quantitative estimate of drug-likeness (QED) is 0.884. The fourth-order valence-electron chi connectivity index (χ4n) is 3.15. The third-order valence-electron chi connectivity index (χ3n) is 4.50. The van der Waals surface area contributed by atoms with E-state index in [1.165, 1.54) is 19.3 Å². The number of benzene rings is 1. The highest BCUT2D eigenvalue weighted by atomic mass is 79.9. The van der Waals surface area contributed by atoms with Gasteiger partial charge in [0.2, 0.25) is 0 Å². The lowest BCUT2D eigenvalue weighted by Gasteiger charge is -2.36. The number of phenols is 1. The van der Waals surface area contributed by atoms with E-state index in [2.05, 4.69) is 32.2 Å². The first-order valence-electron chi connectivity index (χ1n) is 7.59. The molecule has 0 aromatic heterocycles. The Bertz CT molecular complexity index is 482. The molecule has 1 saturated carbocycles. The summed E-state index contributed by atoms with van der Waals surface area (Å²) in [5.74, 6) is 1.34. The monoisotopic (exact) mass is 338 g/mol. The fraction of sp³-hybridized carbons (Fsp3) is 0.625. The van der Waals surface area contributed by atoms with Crippen LogP contribution in [-0.4, -0.2) is 36.2 Å². The first-order chi connectivity index (χ1) is 9.65. The van der Waals surface area contributed by atoms with E-state index in [0.29, 0.717) is 11.8 Å². The van der Waals surface area contributed by atoms with Gasteiger partial charge in [0.15, 0.2) is 0 Å². The Morgan fingerprint density at radius 3 is 2.70 bits per heavy atom. The van der Waals surface area contributed by atoms with Gasteiger partial charge in [-0.1, -0.05) is 28.8 Å². The Hall–Kier alpha value is -0.580. The Kier molecular flexibility index (Phi) is 4.34. The van der Waals surface area contributed by atoms with Crippen LogP contribution < -0.4 is 5.32 Å². The van der Waals surface area contributed by atoms with E-state index in [4.69, 9.17) is 0 Å². The molecule has 1 aromatic rings. The van der Waals surface area contributed by atoms with Crippen molar-refractivity contribution >= 4 is 15.9 Å². The maximum absolute atomic E-state index is 10.5. The smallest absolute Gasteiger partial charge is 0.123 e. The summed E-state index contributed by atoms with van der Waals surface area (Å²) in [5.41, 5.74) is 2.07. The molecule has 1 saturated heterocycles. The van der Waals surface area contributed by atoms with Crippen LogP contribution >= 0.6 is 15.9 Å². The van der Waals surface area contributed by atoms with Crippen LogP contribution in [-0.2, 0) is 0 Å². The molecule has 110 valence electrons. The van der Waals surface area contributed by atoms with Crippen LogP contribution in [0.15, 0.2) is 16.6 Å². The predicted molar refractivity (Wildman–Crippen MR) is 85.1 cm³/mol. The van der Waals surface area contributed by atoms with Crippen LogP contribution in [0.2, 0.25) is 0 Å². The Morgan fingerprint density at radius 2 is 2.05 bits per heavy atom. The molecule has 1 aromatic carbocycles. The molecule has 1 atom stereocenters. The van der Waals surface area contributed by atoms with Crippen molar-refractivity contribution in [2.45, 2.75) is 32.2 Å². The van der Waals surface area contributed by atoms with Gasteiger partial charge >= 0.3 is 0 Å². The molecule has 0 unspecified atom stereocenters. The number of aromatic hydroxyl groups is 1. The lowest BCUT2D eigenvalue weighted by atomic mass is 9.96. The Balaban J connectivity index is 1.90. The van der Waals surface area contributed by atoms with Gasteiger partial charge in [-0.25, -0.2) is 0 Å². The number of rotatable bonds is 4. The van der Waals surface area contributed by atoms with E-state index < -0.39 is 0 Å². The van der Waals surface area contributed by atoms with Crippen molar-refractivity contribution in [2.75, 3.05) is 26.2 Å². The summed E-state index contributed by atoms with van der Waals surface area (Å²) in [6.45, 7) is 6.23. The zero-order valence-electron chi connectivity index (χ0n) is 12.0. The Morgan fingerprint density at radius 1 is 1.35 bits per heavy atom. The molecular formula is C16H23BrN2O. The van der Waals surface area contributed by atoms with E-state index in [-0.39, 0.29) is 0 Å². The highest BCUT2D eigenvalue weighted by Crippen LogP contribution is 2.43. The highest BCUT2D eigenvalue weighted by Gasteiger charge is 2.32. The lowest BCUT2D eigenvalue weighted by Crippen LogP contribution is -2.45. The minimum absolute atomic E-state index is 0.362. The van der Waals surface area contributed by atoms with Crippen LogP contribution in [0.5, 0.6) is 5.75 Å². The number of halogens is 1. The second kappa shape index (κ2) is 6.04. The molecule has 1 heterocycles. The molecule has 2 N–H and O–H groups in total. The summed E-state index contributed by atoms with van der Waals surface area (Å²) in [6, 6.07) is 4.46. The molecule has 1 aliphatic heterocycles.